The van der Waals surface area contributed by atoms with E-state index < -0.39 is 0 Å². The number of halogens is 1. The van der Waals surface area contributed by atoms with Gasteiger partial charge in [0, 0.05) is 6.07 Å². The molecule has 0 aliphatic rings. The van der Waals surface area contributed by atoms with Gasteiger partial charge in [0.25, 0.3) is 0 Å². The quantitative estimate of drug-likeness (QED) is 0.788. The summed E-state index contributed by atoms with van der Waals surface area (Å²) in [5.41, 5.74) is 0. The molecule has 1 heterocycles. The molecule has 0 amide bonds. The second-order valence-corrected chi connectivity index (χ2v) is 4.60. The summed E-state index contributed by atoms with van der Waals surface area (Å²) in [4.78, 5) is 11.7. The first-order valence-electron chi connectivity index (χ1n) is 3.69. The smallest absolute Gasteiger partial charge is 0.351 e. The van der Waals surface area contributed by atoms with E-state index in [1.54, 1.807) is 6.07 Å². The third-order valence-corrected chi connectivity index (χ3v) is 2.94. The van der Waals surface area contributed by atoms with Crippen LogP contribution in [0, 0.1) is 0 Å². The molecule has 72 valence electrons. The molecule has 1 rings (SSSR count). The first kappa shape index (κ1) is 10.5. The summed E-state index contributed by atoms with van der Waals surface area (Å²) >= 11 is 4.59. The Kier molecular flexibility index (Phi) is 3.74. The molecule has 13 heavy (non-hydrogen) atoms. The van der Waals surface area contributed by atoms with Crippen molar-refractivity contribution >= 4 is 33.2 Å². The van der Waals surface area contributed by atoms with Gasteiger partial charge in [0.2, 0.25) is 0 Å². The predicted octanol–water partition coefficient (Wildman–Crippen LogP) is 2.70. The molecule has 0 atom stereocenters. The number of hydrogen-bond acceptors (Lipinski definition) is 4. The van der Waals surface area contributed by atoms with Crippen LogP contribution >= 0.6 is 27.3 Å². The van der Waals surface area contributed by atoms with Gasteiger partial charge in [-0.2, -0.15) is 0 Å². The lowest BCUT2D eigenvalue weighted by molar-refractivity contribution is 0.0602. The second kappa shape index (κ2) is 4.62. The zero-order chi connectivity index (χ0) is 9.84. The van der Waals surface area contributed by atoms with Crippen molar-refractivity contribution in [2.24, 2.45) is 0 Å². The maximum Gasteiger partial charge on any atom is 0.351 e. The molecule has 0 fully saturated rings. The monoisotopic (exact) mass is 264 g/mol. The van der Waals surface area contributed by atoms with Crippen molar-refractivity contribution < 1.29 is 14.3 Å². The molecule has 0 spiro atoms. The van der Waals surface area contributed by atoms with Crippen molar-refractivity contribution in [3.63, 3.8) is 0 Å². The van der Waals surface area contributed by atoms with E-state index in [4.69, 9.17) is 4.74 Å². The lowest BCUT2D eigenvalue weighted by Gasteiger charge is -2.01. The fraction of sp³-hybridized carbons (Fsp3) is 0.375. The van der Waals surface area contributed by atoms with Crippen LogP contribution in [-0.4, -0.2) is 19.7 Å². The Morgan fingerprint density at radius 1 is 1.69 bits per heavy atom. The highest BCUT2D eigenvalue weighted by molar-refractivity contribution is 9.11. The van der Waals surface area contributed by atoms with E-state index in [2.05, 4.69) is 20.7 Å². The molecular formula is C8H9BrO3S. The highest BCUT2D eigenvalue weighted by atomic mass is 79.9. The topological polar surface area (TPSA) is 35.5 Å². The van der Waals surface area contributed by atoms with Gasteiger partial charge < -0.3 is 9.47 Å². The molecule has 0 saturated heterocycles. The Balaban J connectivity index is 2.96. The summed E-state index contributed by atoms with van der Waals surface area (Å²) in [6, 6.07) is 1.76. The Morgan fingerprint density at radius 3 is 2.92 bits per heavy atom. The number of hydrogen-bond donors (Lipinski definition) is 0. The van der Waals surface area contributed by atoms with E-state index in [0.29, 0.717) is 17.2 Å². The van der Waals surface area contributed by atoms with Crippen LogP contribution < -0.4 is 4.74 Å². The van der Waals surface area contributed by atoms with Gasteiger partial charge in [-0.05, 0) is 22.9 Å². The van der Waals surface area contributed by atoms with E-state index >= 15 is 0 Å². The van der Waals surface area contributed by atoms with Gasteiger partial charge in [-0.1, -0.05) is 0 Å². The molecular weight excluding hydrogens is 256 g/mol. The minimum Gasteiger partial charge on any atom is -0.492 e. The lowest BCUT2D eigenvalue weighted by atomic mass is 10.4. The van der Waals surface area contributed by atoms with Gasteiger partial charge in [0.05, 0.1) is 17.5 Å². The first-order valence-corrected chi connectivity index (χ1v) is 5.30. The predicted molar refractivity (Wildman–Crippen MR) is 54.5 cm³/mol. The number of thiophene rings is 1. The normalized spacial score (nSPS) is 9.77. The van der Waals surface area contributed by atoms with Gasteiger partial charge in [-0.3, -0.25) is 0 Å². The third kappa shape index (κ3) is 2.45. The number of methoxy groups -OCH3 is 1. The van der Waals surface area contributed by atoms with Crippen LogP contribution in [0.15, 0.2) is 9.85 Å². The molecule has 1 aromatic heterocycles. The molecule has 0 radical (unpaired) electrons. The SMILES string of the molecule is CCOc1cc(Br)sc1C(=O)OC. The minimum atomic E-state index is -0.362. The number of ether oxygens (including phenoxy) is 2. The highest BCUT2D eigenvalue weighted by Crippen LogP contribution is 2.33. The molecule has 0 unspecified atom stereocenters. The van der Waals surface area contributed by atoms with Gasteiger partial charge in [-0.25, -0.2) is 4.79 Å². The molecule has 3 nitrogen and oxygen atoms in total. The minimum absolute atomic E-state index is 0.362. The molecule has 0 N–H and O–H groups in total. The molecule has 5 heteroatoms. The van der Waals surface area contributed by atoms with Gasteiger partial charge in [-0.15, -0.1) is 11.3 Å². The van der Waals surface area contributed by atoms with Crippen LogP contribution in [0.5, 0.6) is 5.75 Å². The van der Waals surface area contributed by atoms with E-state index in [9.17, 15) is 4.79 Å². The third-order valence-electron chi connectivity index (χ3n) is 1.34. The van der Waals surface area contributed by atoms with E-state index in [0.717, 1.165) is 3.79 Å². The van der Waals surface area contributed by atoms with E-state index in [1.807, 2.05) is 6.92 Å². The van der Waals surface area contributed by atoms with Crippen molar-refractivity contribution in [1.82, 2.24) is 0 Å². The van der Waals surface area contributed by atoms with Gasteiger partial charge >= 0.3 is 5.97 Å². The van der Waals surface area contributed by atoms with Crippen LogP contribution in [0.25, 0.3) is 0 Å². The Bertz CT molecular complexity index is 308. The van der Waals surface area contributed by atoms with Crippen LogP contribution in [0.3, 0.4) is 0 Å². The average molecular weight is 265 g/mol. The maximum absolute atomic E-state index is 11.2. The van der Waals surface area contributed by atoms with Crippen LogP contribution in [-0.2, 0) is 4.74 Å². The second-order valence-electron chi connectivity index (χ2n) is 2.17. The van der Waals surface area contributed by atoms with Crippen molar-refractivity contribution in [3.8, 4) is 5.75 Å². The summed E-state index contributed by atoms with van der Waals surface area (Å²) in [5, 5.41) is 0. The molecule has 0 aromatic carbocycles. The van der Waals surface area contributed by atoms with Crippen LogP contribution in [0.2, 0.25) is 0 Å². The summed E-state index contributed by atoms with van der Waals surface area (Å²) in [7, 11) is 1.35. The number of rotatable bonds is 3. The molecule has 1 aromatic rings. The van der Waals surface area contributed by atoms with Crippen molar-refractivity contribution in [3.05, 3.63) is 14.7 Å². The molecule has 0 bridgehead atoms. The van der Waals surface area contributed by atoms with Crippen LogP contribution in [0.4, 0.5) is 0 Å². The zero-order valence-corrected chi connectivity index (χ0v) is 9.70. The fourth-order valence-corrected chi connectivity index (χ4v) is 2.28. The zero-order valence-electron chi connectivity index (χ0n) is 7.30. The Morgan fingerprint density at radius 2 is 2.38 bits per heavy atom. The average Bonchev–Trinajstić information content (AvgIpc) is 2.46. The molecule has 0 saturated carbocycles. The van der Waals surface area contributed by atoms with Crippen molar-refractivity contribution in [1.29, 1.82) is 0 Å². The molecule has 0 aliphatic carbocycles. The van der Waals surface area contributed by atoms with Crippen LogP contribution in [0.1, 0.15) is 16.6 Å². The number of carbonyl (C=O) groups excluding carboxylic acids is 1. The van der Waals surface area contributed by atoms with Gasteiger partial charge in [0.1, 0.15) is 5.75 Å². The first-order chi connectivity index (χ1) is 6.19. The highest BCUT2D eigenvalue weighted by Gasteiger charge is 2.16. The van der Waals surface area contributed by atoms with Gasteiger partial charge in [0.15, 0.2) is 4.88 Å². The summed E-state index contributed by atoms with van der Waals surface area (Å²) in [6.07, 6.45) is 0. The maximum atomic E-state index is 11.2. The summed E-state index contributed by atoms with van der Waals surface area (Å²) in [6.45, 7) is 2.40. The van der Waals surface area contributed by atoms with E-state index in [-0.39, 0.29) is 5.97 Å². The largest absolute Gasteiger partial charge is 0.492 e. The summed E-state index contributed by atoms with van der Waals surface area (Å²) < 4.78 is 10.7. The fourth-order valence-electron chi connectivity index (χ4n) is 0.844. The number of carbonyl (C=O) groups is 1. The summed E-state index contributed by atoms with van der Waals surface area (Å²) in [5.74, 6) is 0.213. The van der Waals surface area contributed by atoms with Crippen molar-refractivity contribution in [2.45, 2.75) is 6.92 Å². The molecule has 0 aliphatic heterocycles. The van der Waals surface area contributed by atoms with Crippen molar-refractivity contribution in [2.75, 3.05) is 13.7 Å². The Labute approximate surface area is 88.8 Å². The van der Waals surface area contributed by atoms with E-state index in [1.165, 1.54) is 18.4 Å². The standard InChI is InChI=1S/C8H9BrO3S/c1-3-12-5-4-6(9)13-7(5)8(10)11-2/h4H,3H2,1-2H3. The number of esters is 1. The Hall–Kier alpha value is -0.550. The lowest BCUT2D eigenvalue weighted by Crippen LogP contribution is -2.01.